The third kappa shape index (κ3) is 3.00. The van der Waals surface area contributed by atoms with Crippen molar-refractivity contribution in [2.75, 3.05) is 0 Å². The predicted molar refractivity (Wildman–Crippen MR) is 57.2 cm³/mol. The number of carboxylic acids is 1. The molecular formula is C12H22O2. The third-order valence-corrected chi connectivity index (χ3v) is 3.46. The van der Waals surface area contributed by atoms with E-state index in [9.17, 15) is 4.79 Å². The summed E-state index contributed by atoms with van der Waals surface area (Å²) < 4.78 is 0. The molecule has 1 aliphatic rings. The van der Waals surface area contributed by atoms with Crippen molar-refractivity contribution < 1.29 is 9.90 Å². The fourth-order valence-corrected chi connectivity index (χ4v) is 2.77. The van der Waals surface area contributed by atoms with E-state index in [4.69, 9.17) is 5.11 Å². The Balaban J connectivity index is 2.39. The van der Waals surface area contributed by atoms with Gasteiger partial charge >= 0.3 is 5.97 Å². The summed E-state index contributed by atoms with van der Waals surface area (Å²) in [6.07, 6.45) is 6.71. The van der Waals surface area contributed by atoms with Gasteiger partial charge in [0.2, 0.25) is 0 Å². The summed E-state index contributed by atoms with van der Waals surface area (Å²) >= 11 is 0. The molecule has 82 valence electrons. The first kappa shape index (κ1) is 11.5. The van der Waals surface area contributed by atoms with Gasteiger partial charge in [-0.2, -0.15) is 0 Å². The zero-order valence-corrected chi connectivity index (χ0v) is 9.33. The molecule has 0 heterocycles. The Labute approximate surface area is 86.7 Å². The molecule has 0 aliphatic heterocycles. The van der Waals surface area contributed by atoms with E-state index in [2.05, 4.69) is 13.8 Å². The quantitative estimate of drug-likeness (QED) is 0.735. The summed E-state index contributed by atoms with van der Waals surface area (Å²) in [5, 5.41) is 9.03. The van der Waals surface area contributed by atoms with Crippen LogP contribution in [0.3, 0.4) is 0 Å². The smallest absolute Gasteiger partial charge is 0.306 e. The zero-order chi connectivity index (χ0) is 10.6. The molecule has 1 saturated carbocycles. The van der Waals surface area contributed by atoms with Gasteiger partial charge in [0.15, 0.2) is 0 Å². The molecule has 0 radical (unpaired) electrons. The SMILES string of the molecule is CCCC(C)CC1CCCC1C(=O)O. The molecule has 1 N–H and O–H groups in total. The minimum Gasteiger partial charge on any atom is -0.481 e. The van der Waals surface area contributed by atoms with Gasteiger partial charge in [-0.05, 0) is 31.1 Å². The van der Waals surface area contributed by atoms with E-state index in [1.807, 2.05) is 0 Å². The van der Waals surface area contributed by atoms with Gasteiger partial charge in [-0.3, -0.25) is 4.79 Å². The molecule has 0 aromatic heterocycles. The lowest BCUT2D eigenvalue weighted by Gasteiger charge is -2.19. The highest BCUT2D eigenvalue weighted by Gasteiger charge is 2.33. The van der Waals surface area contributed by atoms with E-state index in [1.54, 1.807) is 0 Å². The summed E-state index contributed by atoms with van der Waals surface area (Å²) in [4.78, 5) is 11.0. The van der Waals surface area contributed by atoms with Crippen molar-refractivity contribution in [2.45, 2.75) is 52.4 Å². The second kappa shape index (κ2) is 5.38. The van der Waals surface area contributed by atoms with Gasteiger partial charge in [-0.25, -0.2) is 0 Å². The van der Waals surface area contributed by atoms with Gasteiger partial charge in [-0.15, -0.1) is 0 Å². The van der Waals surface area contributed by atoms with Crippen LogP contribution in [0.5, 0.6) is 0 Å². The van der Waals surface area contributed by atoms with Gasteiger partial charge in [0.1, 0.15) is 0 Å². The summed E-state index contributed by atoms with van der Waals surface area (Å²) in [5.74, 6) is 0.532. The lowest BCUT2D eigenvalue weighted by atomic mass is 9.86. The van der Waals surface area contributed by atoms with Gasteiger partial charge in [-0.1, -0.05) is 33.1 Å². The van der Waals surface area contributed by atoms with E-state index >= 15 is 0 Å². The Kier molecular flexibility index (Phi) is 4.43. The Morgan fingerprint density at radius 1 is 1.50 bits per heavy atom. The highest BCUT2D eigenvalue weighted by Crippen LogP contribution is 2.36. The Hall–Kier alpha value is -0.530. The van der Waals surface area contributed by atoms with Crippen LogP contribution in [0.25, 0.3) is 0 Å². The Bertz CT molecular complexity index is 189. The highest BCUT2D eigenvalue weighted by molar-refractivity contribution is 5.70. The molecule has 14 heavy (non-hydrogen) atoms. The lowest BCUT2D eigenvalue weighted by Crippen LogP contribution is -2.20. The third-order valence-electron chi connectivity index (χ3n) is 3.46. The van der Waals surface area contributed by atoms with Crippen LogP contribution in [0.4, 0.5) is 0 Å². The number of aliphatic carboxylic acids is 1. The van der Waals surface area contributed by atoms with E-state index in [0.29, 0.717) is 11.8 Å². The summed E-state index contributed by atoms with van der Waals surface area (Å²) in [6, 6.07) is 0. The van der Waals surface area contributed by atoms with Gasteiger partial charge < -0.3 is 5.11 Å². The fourth-order valence-electron chi connectivity index (χ4n) is 2.77. The molecule has 0 amide bonds. The van der Waals surface area contributed by atoms with Crippen LogP contribution < -0.4 is 0 Å². The molecule has 1 rings (SSSR count). The molecule has 0 spiro atoms. The van der Waals surface area contributed by atoms with Gasteiger partial charge in [0, 0.05) is 0 Å². The number of carbonyl (C=O) groups is 1. The maximum absolute atomic E-state index is 11.0. The second-order valence-corrected chi connectivity index (χ2v) is 4.77. The van der Waals surface area contributed by atoms with Crippen LogP contribution in [0.1, 0.15) is 52.4 Å². The number of hydrogen-bond donors (Lipinski definition) is 1. The van der Waals surface area contributed by atoms with E-state index in [1.165, 1.54) is 12.8 Å². The highest BCUT2D eigenvalue weighted by atomic mass is 16.4. The van der Waals surface area contributed by atoms with Crippen molar-refractivity contribution >= 4 is 5.97 Å². The van der Waals surface area contributed by atoms with Crippen LogP contribution in [0.15, 0.2) is 0 Å². The number of carboxylic acid groups (broad SMARTS) is 1. The summed E-state index contributed by atoms with van der Waals surface area (Å²) in [5.41, 5.74) is 0. The van der Waals surface area contributed by atoms with Crippen LogP contribution >= 0.6 is 0 Å². The van der Waals surface area contributed by atoms with Crippen molar-refractivity contribution in [1.82, 2.24) is 0 Å². The maximum atomic E-state index is 11.0. The molecule has 1 aliphatic carbocycles. The molecule has 3 unspecified atom stereocenters. The molecule has 0 aromatic rings. The van der Waals surface area contributed by atoms with Gasteiger partial charge in [0.05, 0.1) is 5.92 Å². The molecular weight excluding hydrogens is 176 g/mol. The molecule has 1 fully saturated rings. The first-order chi connectivity index (χ1) is 6.65. The van der Waals surface area contributed by atoms with Crippen molar-refractivity contribution in [2.24, 2.45) is 17.8 Å². The van der Waals surface area contributed by atoms with Crippen LogP contribution in [0.2, 0.25) is 0 Å². The van der Waals surface area contributed by atoms with Gasteiger partial charge in [0.25, 0.3) is 0 Å². The topological polar surface area (TPSA) is 37.3 Å². The fraction of sp³-hybridized carbons (Fsp3) is 0.917. The predicted octanol–water partition coefficient (Wildman–Crippen LogP) is 3.31. The van der Waals surface area contributed by atoms with E-state index in [0.717, 1.165) is 25.7 Å². The maximum Gasteiger partial charge on any atom is 0.306 e. The summed E-state index contributed by atoms with van der Waals surface area (Å²) in [7, 11) is 0. The second-order valence-electron chi connectivity index (χ2n) is 4.77. The van der Waals surface area contributed by atoms with E-state index in [-0.39, 0.29) is 5.92 Å². The molecule has 2 heteroatoms. The minimum absolute atomic E-state index is 0.0469. The summed E-state index contributed by atoms with van der Waals surface area (Å²) in [6.45, 7) is 4.44. The minimum atomic E-state index is -0.573. The van der Waals surface area contributed by atoms with Crippen molar-refractivity contribution in [3.8, 4) is 0 Å². The number of rotatable bonds is 5. The zero-order valence-electron chi connectivity index (χ0n) is 9.33. The Morgan fingerprint density at radius 3 is 2.79 bits per heavy atom. The molecule has 0 aromatic carbocycles. The molecule has 3 atom stereocenters. The van der Waals surface area contributed by atoms with Crippen molar-refractivity contribution in [1.29, 1.82) is 0 Å². The van der Waals surface area contributed by atoms with Crippen LogP contribution in [-0.4, -0.2) is 11.1 Å². The first-order valence-corrected chi connectivity index (χ1v) is 5.88. The molecule has 0 saturated heterocycles. The van der Waals surface area contributed by atoms with Crippen LogP contribution in [-0.2, 0) is 4.79 Å². The Morgan fingerprint density at radius 2 is 2.21 bits per heavy atom. The monoisotopic (exact) mass is 198 g/mol. The molecule has 0 bridgehead atoms. The molecule has 2 nitrogen and oxygen atoms in total. The first-order valence-electron chi connectivity index (χ1n) is 5.88. The van der Waals surface area contributed by atoms with Crippen molar-refractivity contribution in [3.05, 3.63) is 0 Å². The largest absolute Gasteiger partial charge is 0.481 e. The normalized spacial score (nSPS) is 29.0. The number of hydrogen-bond acceptors (Lipinski definition) is 1. The average Bonchev–Trinajstić information content (AvgIpc) is 2.52. The van der Waals surface area contributed by atoms with E-state index < -0.39 is 5.97 Å². The average molecular weight is 198 g/mol. The lowest BCUT2D eigenvalue weighted by molar-refractivity contribution is -0.143. The standard InChI is InChI=1S/C12H22O2/c1-3-5-9(2)8-10-6-4-7-11(10)12(13)14/h9-11H,3-8H2,1-2H3,(H,13,14). The van der Waals surface area contributed by atoms with Crippen molar-refractivity contribution in [3.63, 3.8) is 0 Å². The van der Waals surface area contributed by atoms with Crippen LogP contribution in [0, 0.1) is 17.8 Å².